The van der Waals surface area contributed by atoms with Crippen LogP contribution in [-0.4, -0.2) is 26.9 Å². The number of carbonyl (C=O) groups excluding carboxylic acids is 2. The van der Waals surface area contributed by atoms with E-state index in [0.717, 1.165) is 0 Å². The lowest BCUT2D eigenvalue weighted by Crippen LogP contribution is -2.22. The van der Waals surface area contributed by atoms with Gasteiger partial charge in [0, 0.05) is 23.6 Å². The van der Waals surface area contributed by atoms with Crippen molar-refractivity contribution in [2.24, 2.45) is 0 Å². The van der Waals surface area contributed by atoms with Gasteiger partial charge in [0.15, 0.2) is 10.9 Å². The second-order valence-corrected chi connectivity index (χ2v) is 5.73. The van der Waals surface area contributed by atoms with Crippen LogP contribution in [0.1, 0.15) is 24.2 Å². The average Bonchev–Trinajstić information content (AvgIpc) is 2.48. The molecule has 5 nitrogen and oxygen atoms in total. The average molecular weight is 301 g/mol. The summed E-state index contributed by atoms with van der Waals surface area (Å²) in [5.41, 5.74) is 1.17. The molecule has 0 bridgehead atoms. The van der Waals surface area contributed by atoms with Crippen LogP contribution in [0.5, 0.6) is 0 Å². The summed E-state index contributed by atoms with van der Waals surface area (Å²) in [6.45, 7) is 3.28. The molecule has 2 rings (SSSR count). The molecule has 1 unspecified atom stereocenters. The van der Waals surface area contributed by atoms with E-state index in [1.54, 1.807) is 49.6 Å². The molecule has 0 radical (unpaired) electrons. The number of carbonyl (C=O) groups is 2. The lowest BCUT2D eigenvalue weighted by Gasteiger charge is -2.11. The third kappa shape index (κ3) is 4.39. The zero-order valence-corrected chi connectivity index (χ0v) is 12.6. The molecule has 0 spiro atoms. The maximum Gasteiger partial charge on any atom is 0.237 e. The molecule has 0 saturated carbocycles. The largest absolute Gasteiger partial charge is 0.325 e. The van der Waals surface area contributed by atoms with E-state index in [4.69, 9.17) is 0 Å². The Morgan fingerprint density at radius 2 is 1.90 bits per heavy atom. The van der Waals surface area contributed by atoms with E-state index in [9.17, 15) is 9.59 Å². The van der Waals surface area contributed by atoms with Crippen molar-refractivity contribution in [2.75, 3.05) is 5.32 Å². The first-order chi connectivity index (χ1) is 10.1. The molecule has 1 N–H and O–H groups in total. The highest BCUT2D eigenvalue weighted by Crippen LogP contribution is 2.20. The molecular weight excluding hydrogens is 286 g/mol. The first-order valence-electron chi connectivity index (χ1n) is 6.42. The Kier molecular flexibility index (Phi) is 5.05. The van der Waals surface area contributed by atoms with Crippen molar-refractivity contribution in [3.63, 3.8) is 0 Å². The predicted molar refractivity (Wildman–Crippen MR) is 82.4 cm³/mol. The Morgan fingerprint density at radius 1 is 1.19 bits per heavy atom. The van der Waals surface area contributed by atoms with Gasteiger partial charge in [-0.05, 0) is 32.0 Å². The van der Waals surface area contributed by atoms with E-state index in [1.165, 1.54) is 18.7 Å². The summed E-state index contributed by atoms with van der Waals surface area (Å²) in [7, 11) is 0. The lowest BCUT2D eigenvalue weighted by atomic mass is 10.1. The first kappa shape index (κ1) is 15.2. The smallest absolute Gasteiger partial charge is 0.237 e. The van der Waals surface area contributed by atoms with Gasteiger partial charge in [-0.15, -0.1) is 0 Å². The Morgan fingerprint density at radius 3 is 2.57 bits per heavy atom. The third-order valence-electron chi connectivity index (χ3n) is 2.73. The maximum absolute atomic E-state index is 12.1. The van der Waals surface area contributed by atoms with E-state index in [1.807, 2.05) is 0 Å². The molecule has 0 saturated heterocycles. The minimum atomic E-state index is -0.339. The van der Waals surface area contributed by atoms with Gasteiger partial charge < -0.3 is 5.32 Å². The van der Waals surface area contributed by atoms with Crippen LogP contribution in [0.2, 0.25) is 0 Å². The van der Waals surface area contributed by atoms with Gasteiger partial charge in [-0.1, -0.05) is 23.9 Å². The van der Waals surface area contributed by atoms with Crippen molar-refractivity contribution < 1.29 is 9.59 Å². The van der Waals surface area contributed by atoms with Crippen molar-refractivity contribution in [2.45, 2.75) is 24.3 Å². The molecule has 0 aliphatic carbocycles. The molecular formula is C15H15N3O2S. The number of nitrogens with one attached hydrogen (secondary N) is 1. The van der Waals surface area contributed by atoms with Crippen LogP contribution in [-0.2, 0) is 4.79 Å². The molecule has 1 atom stereocenters. The topological polar surface area (TPSA) is 72.0 Å². The van der Waals surface area contributed by atoms with Gasteiger partial charge in [0.1, 0.15) is 0 Å². The van der Waals surface area contributed by atoms with Crippen LogP contribution in [0, 0.1) is 0 Å². The number of hydrogen-bond acceptors (Lipinski definition) is 5. The number of hydrogen-bond donors (Lipinski definition) is 1. The number of thioether (sulfide) groups is 1. The van der Waals surface area contributed by atoms with Crippen molar-refractivity contribution in [3.8, 4) is 0 Å². The molecule has 1 heterocycles. The maximum atomic E-state index is 12.1. The normalized spacial score (nSPS) is 11.7. The van der Waals surface area contributed by atoms with Crippen molar-refractivity contribution in [1.29, 1.82) is 0 Å². The lowest BCUT2D eigenvalue weighted by molar-refractivity contribution is -0.115. The quantitative estimate of drug-likeness (QED) is 0.522. The van der Waals surface area contributed by atoms with Crippen LogP contribution in [0.3, 0.4) is 0 Å². The van der Waals surface area contributed by atoms with Crippen LogP contribution in [0.15, 0.2) is 47.9 Å². The first-order valence-corrected chi connectivity index (χ1v) is 7.30. The summed E-state index contributed by atoms with van der Waals surface area (Å²) < 4.78 is 0. The highest BCUT2D eigenvalue weighted by atomic mass is 32.2. The fourth-order valence-corrected chi connectivity index (χ4v) is 2.34. The van der Waals surface area contributed by atoms with Crippen LogP contribution in [0.4, 0.5) is 5.69 Å². The predicted octanol–water partition coefficient (Wildman–Crippen LogP) is 2.80. The fraction of sp³-hybridized carbons (Fsp3) is 0.200. The van der Waals surface area contributed by atoms with Gasteiger partial charge in [-0.2, -0.15) is 0 Å². The van der Waals surface area contributed by atoms with Gasteiger partial charge >= 0.3 is 0 Å². The molecule has 21 heavy (non-hydrogen) atoms. The van der Waals surface area contributed by atoms with E-state index in [2.05, 4.69) is 15.3 Å². The Balaban J connectivity index is 2.00. The summed E-state index contributed by atoms with van der Waals surface area (Å²) >= 11 is 1.28. The van der Waals surface area contributed by atoms with E-state index < -0.39 is 0 Å². The zero-order chi connectivity index (χ0) is 15.2. The minimum absolute atomic E-state index is 0.0359. The molecule has 0 aliphatic rings. The number of ketones is 1. The minimum Gasteiger partial charge on any atom is -0.325 e. The molecule has 0 fully saturated rings. The van der Waals surface area contributed by atoms with E-state index >= 15 is 0 Å². The molecule has 1 amide bonds. The summed E-state index contributed by atoms with van der Waals surface area (Å²) in [5, 5.41) is 3.00. The summed E-state index contributed by atoms with van der Waals surface area (Å²) in [5.74, 6) is -0.195. The van der Waals surface area contributed by atoms with Gasteiger partial charge in [0.05, 0.1) is 5.25 Å². The van der Waals surface area contributed by atoms with Crippen LogP contribution >= 0.6 is 11.8 Å². The molecule has 6 heteroatoms. The van der Waals surface area contributed by atoms with Gasteiger partial charge in [-0.3, -0.25) is 9.59 Å². The Labute approximate surface area is 127 Å². The second kappa shape index (κ2) is 6.99. The molecule has 1 aromatic heterocycles. The summed E-state index contributed by atoms with van der Waals surface area (Å²) in [4.78, 5) is 31.6. The highest BCUT2D eigenvalue weighted by molar-refractivity contribution is 8.00. The summed E-state index contributed by atoms with van der Waals surface area (Å²) in [6.07, 6.45) is 3.27. The summed E-state index contributed by atoms with van der Waals surface area (Å²) in [6, 6.07) is 8.60. The third-order valence-corrected chi connectivity index (χ3v) is 3.72. The Hall–Kier alpha value is -2.21. The molecule has 108 valence electrons. The van der Waals surface area contributed by atoms with Gasteiger partial charge in [-0.25, -0.2) is 9.97 Å². The zero-order valence-electron chi connectivity index (χ0n) is 11.7. The number of rotatable bonds is 5. The highest BCUT2D eigenvalue weighted by Gasteiger charge is 2.16. The van der Waals surface area contributed by atoms with Crippen molar-refractivity contribution >= 4 is 29.1 Å². The number of amides is 1. The Bertz CT molecular complexity index is 646. The standard InChI is InChI=1S/C15H15N3O2S/c1-10(19)12-5-3-6-13(9-12)18-14(20)11(2)21-15-16-7-4-8-17-15/h3-9,11H,1-2H3,(H,18,20). The molecule has 2 aromatic rings. The number of benzene rings is 1. The van der Waals surface area contributed by atoms with Gasteiger partial charge in [0.25, 0.3) is 0 Å². The number of Topliss-reactive ketones (excluding diaryl/α,β-unsaturated/α-hetero) is 1. The number of anilines is 1. The molecule has 0 aliphatic heterocycles. The molecule has 1 aromatic carbocycles. The number of aromatic nitrogens is 2. The van der Waals surface area contributed by atoms with Crippen LogP contribution < -0.4 is 5.32 Å². The SMILES string of the molecule is CC(=O)c1cccc(NC(=O)C(C)Sc2ncccn2)c1. The number of nitrogens with zero attached hydrogens (tertiary/aromatic N) is 2. The van der Waals surface area contributed by atoms with Crippen molar-refractivity contribution in [1.82, 2.24) is 9.97 Å². The van der Waals surface area contributed by atoms with E-state index in [-0.39, 0.29) is 16.9 Å². The monoisotopic (exact) mass is 301 g/mol. The van der Waals surface area contributed by atoms with Gasteiger partial charge in [0.2, 0.25) is 5.91 Å². The van der Waals surface area contributed by atoms with E-state index in [0.29, 0.717) is 16.4 Å². The second-order valence-electron chi connectivity index (χ2n) is 4.42. The fourth-order valence-electron chi connectivity index (χ4n) is 1.62. The van der Waals surface area contributed by atoms with Crippen molar-refractivity contribution in [3.05, 3.63) is 48.3 Å². The van der Waals surface area contributed by atoms with Crippen LogP contribution in [0.25, 0.3) is 0 Å².